The summed E-state index contributed by atoms with van der Waals surface area (Å²) < 4.78 is 0. The van der Waals surface area contributed by atoms with Gasteiger partial charge in [-0.25, -0.2) is 0 Å². The van der Waals surface area contributed by atoms with Crippen molar-refractivity contribution < 1.29 is 9.59 Å². The van der Waals surface area contributed by atoms with Gasteiger partial charge in [0, 0.05) is 25.7 Å². The highest BCUT2D eigenvalue weighted by molar-refractivity contribution is 5.93. The zero-order valence-corrected chi connectivity index (χ0v) is 18.5. The summed E-state index contributed by atoms with van der Waals surface area (Å²) in [7, 11) is 1.83. The van der Waals surface area contributed by atoms with Gasteiger partial charge >= 0.3 is 0 Å². The number of amides is 2. The van der Waals surface area contributed by atoms with E-state index in [9.17, 15) is 9.59 Å². The van der Waals surface area contributed by atoms with Crippen LogP contribution in [0.2, 0.25) is 0 Å². The molecule has 0 aromatic heterocycles. The Kier molecular flexibility index (Phi) is 7.60. The Morgan fingerprint density at radius 2 is 1.29 bits per heavy atom. The quantitative estimate of drug-likeness (QED) is 0.512. The Labute approximate surface area is 185 Å². The van der Waals surface area contributed by atoms with Crippen LogP contribution in [0.4, 0.5) is 5.69 Å². The molecule has 0 aliphatic heterocycles. The molecule has 160 valence electrons. The second kappa shape index (κ2) is 10.6. The summed E-state index contributed by atoms with van der Waals surface area (Å²) in [5.41, 5.74) is 5.19. The molecule has 0 heterocycles. The fraction of sp³-hybridized carbons (Fsp3) is 0.259. The normalized spacial score (nSPS) is 10.5. The summed E-state index contributed by atoms with van der Waals surface area (Å²) in [5, 5.41) is 0. The lowest BCUT2D eigenvalue weighted by Gasteiger charge is -2.23. The molecule has 0 N–H and O–H groups in total. The lowest BCUT2D eigenvalue weighted by molar-refractivity contribution is -0.129. The minimum Gasteiger partial charge on any atom is -0.341 e. The highest BCUT2D eigenvalue weighted by Gasteiger charge is 2.16. The van der Waals surface area contributed by atoms with Crippen molar-refractivity contribution in [3.05, 3.63) is 101 Å². The monoisotopic (exact) mass is 414 g/mol. The average Bonchev–Trinajstić information content (AvgIpc) is 2.79. The van der Waals surface area contributed by atoms with Crippen molar-refractivity contribution in [1.82, 2.24) is 4.90 Å². The van der Waals surface area contributed by atoms with Crippen molar-refractivity contribution in [3.63, 3.8) is 0 Å². The van der Waals surface area contributed by atoms with Gasteiger partial charge in [0.15, 0.2) is 0 Å². The molecule has 0 atom stereocenters. The maximum atomic E-state index is 12.6. The molecule has 0 unspecified atom stereocenters. The molecule has 4 heteroatoms. The Hall–Kier alpha value is -3.40. The molecule has 0 fully saturated rings. The predicted octanol–water partition coefficient (Wildman–Crippen LogP) is 5.14. The highest BCUT2D eigenvalue weighted by Crippen LogP contribution is 2.20. The minimum atomic E-state index is 0.0674. The van der Waals surface area contributed by atoms with E-state index in [0.29, 0.717) is 25.9 Å². The average molecular weight is 415 g/mol. The number of carbonyl (C=O) groups excluding carboxylic acids is 2. The topological polar surface area (TPSA) is 40.6 Å². The number of aryl methyl sites for hydroxylation is 1. The molecule has 2 amide bonds. The first-order valence-corrected chi connectivity index (χ1v) is 10.7. The molecular formula is C27H30N2O2. The van der Waals surface area contributed by atoms with Gasteiger partial charge in [0.1, 0.15) is 0 Å². The lowest BCUT2D eigenvalue weighted by Crippen LogP contribution is -2.29. The Morgan fingerprint density at radius 3 is 1.90 bits per heavy atom. The molecule has 4 nitrogen and oxygen atoms in total. The summed E-state index contributed by atoms with van der Waals surface area (Å²) in [4.78, 5) is 28.7. The molecule has 0 saturated carbocycles. The van der Waals surface area contributed by atoms with Gasteiger partial charge < -0.3 is 9.80 Å². The molecule has 0 aliphatic carbocycles. The van der Waals surface area contributed by atoms with Crippen LogP contribution in [-0.2, 0) is 29.1 Å². The summed E-state index contributed by atoms with van der Waals surface area (Å²) in [6.45, 7) is 5.05. The van der Waals surface area contributed by atoms with Gasteiger partial charge in [0.05, 0.1) is 13.0 Å². The van der Waals surface area contributed by atoms with Crippen molar-refractivity contribution in [2.75, 3.05) is 11.9 Å². The number of rotatable bonds is 8. The Morgan fingerprint density at radius 1 is 0.710 bits per heavy atom. The van der Waals surface area contributed by atoms with Crippen LogP contribution in [-0.4, -0.2) is 23.8 Å². The highest BCUT2D eigenvalue weighted by atomic mass is 16.2. The SMILES string of the molecule is CCC(=O)N(Cc1ccc(C)cc1)c1ccc(CC(=O)N(C)Cc2ccccc2)cc1. The minimum absolute atomic E-state index is 0.0674. The van der Waals surface area contributed by atoms with Crippen LogP contribution >= 0.6 is 0 Å². The molecule has 0 saturated heterocycles. The van der Waals surface area contributed by atoms with Crippen molar-refractivity contribution in [3.8, 4) is 0 Å². The van der Waals surface area contributed by atoms with Crippen LogP contribution in [0, 0.1) is 6.92 Å². The van der Waals surface area contributed by atoms with Crippen LogP contribution in [0.3, 0.4) is 0 Å². The van der Waals surface area contributed by atoms with Crippen LogP contribution in [0.1, 0.15) is 35.6 Å². The third kappa shape index (κ3) is 6.29. The maximum Gasteiger partial charge on any atom is 0.227 e. The van der Waals surface area contributed by atoms with E-state index >= 15 is 0 Å². The van der Waals surface area contributed by atoms with Gasteiger partial charge in [0.2, 0.25) is 11.8 Å². The molecule has 3 aromatic carbocycles. The predicted molar refractivity (Wildman–Crippen MR) is 126 cm³/mol. The van der Waals surface area contributed by atoms with Crippen molar-refractivity contribution >= 4 is 17.5 Å². The van der Waals surface area contributed by atoms with E-state index in [1.165, 1.54) is 5.56 Å². The summed E-state index contributed by atoms with van der Waals surface area (Å²) >= 11 is 0. The van der Waals surface area contributed by atoms with Crippen LogP contribution in [0.25, 0.3) is 0 Å². The molecule has 3 rings (SSSR count). The van der Waals surface area contributed by atoms with Gasteiger partial charge in [-0.05, 0) is 35.7 Å². The van der Waals surface area contributed by atoms with E-state index in [4.69, 9.17) is 0 Å². The van der Waals surface area contributed by atoms with Crippen LogP contribution in [0.5, 0.6) is 0 Å². The Balaban J connectivity index is 1.66. The van der Waals surface area contributed by atoms with E-state index in [-0.39, 0.29) is 11.8 Å². The van der Waals surface area contributed by atoms with Gasteiger partial charge in [-0.15, -0.1) is 0 Å². The summed E-state index contributed by atoms with van der Waals surface area (Å²) in [5.74, 6) is 0.143. The molecular weight excluding hydrogens is 384 g/mol. The number of hydrogen-bond acceptors (Lipinski definition) is 2. The molecule has 0 spiro atoms. The lowest BCUT2D eigenvalue weighted by atomic mass is 10.1. The van der Waals surface area contributed by atoms with Crippen molar-refractivity contribution in [2.45, 2.75) is 39.8 Å². The molecule has 0 radical (unpaired) electrons. The zero-order chi connectivity index (χ0) is 22.2. The molecule has 0 aliphatic rings. The van der Waals surface area contributed by atoms with E-state index in [1.807, 2.05) is 68.6 Å². The summed E-state index contributed by atoms with van der Waals surface area (Å²) in [6.07, 6.45) is 0.777. The van der Waals surface area contributed by atoms with E-state index < -0.39 is 0 Å². The number of likely N-dealkylation sites (N-methyl/N-ethyl adjacent to an activating group) is 1. The van der Waals surface area contributed by atoms with E-state index in [1.54, 1.807) is 9.80 Å². The number of carbonyl (C=O) groups is 2. The first kappa shape index (κ1) is 22.3. The van der Waals surface area contributed by atoms with Crippen molar-refractivity contribution in [2.24, 2.45) is 0 Å². The van der Waals surface area contributed by atoms with E-state index in [0.717, 1.165) is 22.4 Å². The second-order valence-corrected chi connectivity index (χ2v) is 7.90. The first-order valence-electron chi connectivity index (χ1n) is 10.7. The molecule has 3 aromatic rings. The third-order valence-electron chi connectivity index (χ3n) is 5.36. The van der Waals surface area contributed by atoms with Gasteiger partial charge in [-0.3, -0.25) is 9.59 Å². The Bertz CT molecular complexity index is 996. The number of nitrogens with zero attached hydrogens (tertiary/aromatic N) is 2. The standard InChI is InChI=1S/C27H30N2O2/c1-4-26(30)29(20-24-12-10-21(2)11-13-24)25-16-14-22(15-17-25)18-27(31)28(3)19-23-8-6-5-7-9-23/h5-17H,4,18-20H2,1-3H3. The smallest absolute Gasteiger partial charge is 0.227 e. The first-order chi connectivity index (χ1) is 15.0. The second-order valence-electron chi connectivity index (χ2n) is 7.90. The fourth-order valence-corrected chi connectivity index (χ4v) is 3.44. The maximum absolute atomic E-state index is 12.6. The van der Waals surface area contributed by atoms with Crippen molar-refractivity contribution in [1.29, 1.82) is 0 Å². The molecule has 0 bridgehead atoms. The zero-order valence-electron chi connectivity index (χ0n) is 18.5. The van der Waals surface area contributed by atoms with Gasteiger partial charge in [-0.2, -0.15) is 0 Å². The van der Waals surface area contributed by atoms with Gasteiger partial charge in [0.25, 0.3) is 0 Å². The number of benzene rings is 3. The number of hydrogen-bond donors (Lipinski definition) is 0. The molecule has 31 heavy (non-hydrogen) atoms. The van der Waals surface area contributed by atoms with Crippen LogP contribution < -0.4 is 4.90 Å². The third-order valence-corrected chi connectivity index (χ3v) is 5.36. The largest absolute Gasteiger partial charge is 0.341 e. The van der Waals surface area contributed by atoms with Gasteiger partial charge in [-0.1, -0.05) is 79.2 Å². The summed E-state index contributed by atoms with van der Waals surface area (Å²) in [6, 6.07) is 25.9. The fourth-order valence-electron chi connectivity index (χ4n) is 3.44. The van der Waals surface area contributed by atoms with Crippen LogP contribution in [0.15, 0.2) is 78.9 Å². The number of anilines is 1. The van der Waals surface area contributed by atoms with E-state index in [2.05, 4.69) is 31.2 Å².